The summed E-state index contributed by atoms with van der Waals surface area (Å²) >= 11 is 8.97. The van der Waals surface area contributed by atoms with Crippen LogP contribution in [0, 0.1) is 5.82 Å². The number of carbonyl (C=O) groups is 1. The van der Waals surface area contributed by atoms with E-state index >= 15 is 0 Å². The monoisotopic (exact) mass is 434 g/mol. The average Bonchev–Trinajstić information content (AvgIpc) is 2.49. The maximum atomic E-state index is 13.3. The van der Waals surface area contributed by atoms with Gasteiger partial charge in [-0.05, 0) is 42.5 Å². The smallest absolute Gasteiger partial charge is 0.245 e. The third-order valence-corrected chi connectivity index (χ3v) is 4.97. The van der Waals surface area contributed by atoms with Crippen molar-refractivity contribution in [2.75, 3.05) is 22.4 Å². The Bertz CT molecular complexity index is 860. The van der Waals surface area contributed by atoms with Crippen molar-refractivity contribution in [1.29, 1.82) is 0 Å². The van der Waals surface area contributed by atoms with E-state index in [-0.39, 0.29) is 10.7 Å². The third kappa shape index (κ3) is 4.93. The Labute approximate surface area is 152 Å². The molecule has 0 heterocycles. The van der Waals surface area contributed by atoms with E-state index in [2.05, 4.69) is 21.2 Å². The number of nitrogens with one attached hydrogen (secondary N) is 1. The molecule has 0 spiro atoms. The topological polar surface area (TPSA) is 66.5 Å². The van der Waals surface area contributed by atoms with Crippen LogP contribution in [0.1, 0.15) is 0 Å². The molecule has 0 radical (unpaired) electrons. The zero-order valence-electron chi connectivity index (χ0n) is 12.5. The van der Waals surface area contributed by atoms with Crippen LogP contribution in [-0.4, -0.2) is 27.1 Å². The Morgan fingerprint density at radius 2 is 1.88 bits per heavy atom. The van der Waals surface area contributed by atoms with Crippen LogP contribution >= 0.6 is 27.5 Å². The van der Waals surface area contributed by atoms with Crippen LogP contribution in [0.15, 0.2) is 46.9 Å². The number of rotatable bonds is 5. The largest absolute Gasteiger partial charge is 0.325 e. The van der Waals surface area contributed by atoms with E-state index in [4.69, 9.17) is 11.6 Å². The second kappa shape index (κ2) is 7.50. The lowest BCUT2D eigenvalue weighted by Crippen LogP contribution is -2.37. The minimum absolute atomic E-state index is 0.106. The molecule has 0 aliphatic heterocycles. The molecule has 0 bridgehead atoms. The van der Waals surface area contributed by atoms with E-state index in [1.165, 1.54) is 6.07 Å². The van der Waals surface area contributed by atoms with Crippen LogP contribution in [-0.2, 0) is 14.8 Å². The first-order chi connectivity index (χ1) is 11.2. The van der Waals surface area contributed by atoms with Crippen molar-refractivity contribution in [2.45, 2.75) is 0 Å². The van der Waals surface area contributed by atoms with Crippen molar-refractivity contribution >= 4 is 54.8 Å². The molecule has 2 rings (SSSR count). The number of carbonyl (C=O) groups excluding carboxylic acids is 1. The van der Waals surface area contributed by atoms with Crippen LogP contribution in [0.2, 0.25) is 5.02 Å². The number of hydrogen-bond acceptors (Lipinski definition) is 3. The van der Waals surface area contributed by atoms with Gasteiger partial charge in [-0.25, -0.2) is 12.8 Å². The first kappa shape index (κ1) is 18.7. The normalized spacial score (nSPS) is 11.2. The van der Waals surface area contributed by atoms with Crippen LogP contribution < -0.4 is 9.62 Å². The van der Waals surface area contributed by atoms with Gasteiger partial charge in [0, 0.05) is 10.2 Å². The quantitative estimate of drug-likeness (QED) is 0.780. The number of sulfonamides is 1. The highest BCUT2D eigenvalue weighted by Gasteiger charge is 2.21. The Morgan fingerprint density at radius 3 is 2.42 bits per heavy atom. The van der Waals surface area contributed by atoms with Gasteiger partial charge >= 0.3 is 0 Å². The molecule has 2 aromatic rings. The second-order valence-corrected chi connectivity index (χ2v) is 8.15. The molecule has 0 saturated carbocycles. The molecule has 0 atom stereocenters. The fourth-order valence-electron chi connectivity index (χ4n) is 1.90. The van der Waals surface area contributed by atoms with E-state index < -0.39 is 28.3 Å². The highest BCUT2D eigenvalue weighted by Crippen LogP contribution is 2.24. The van der Waals surface area contributed by atoms with Crippen molar-refractivity contribution in [3.63, 3.8) is 0 Å². The van der Waals surface area contributed by atoms with E-state index in [0.29, 0.717) is 5.69 Å². The molecule has 0 saturated heterocycles. The average molecular weight is 436 g/mol. The van der Waals surface area contributed by atoms with E-state index in [1.54, 1.807) is 24.3 Å². The minimum atomic E-state index is -3.76. The molecular formula is C15H13BrClFN2O3S. The molecule has 0 fully saturated rings. The van der Waals surface area contributed by atoms with Gasteiger partial charge in [0.2, 0.25) is 15.9 Å². The van der Waals surface area contributed by atoms with Gasteiger partial charge in [-0.3, -0.25) is 9.10 Å². The fraction of sp³-hybridized carbons (Fsp3) is 0.133. The molecule has 2 aromatic carbocycles. The van der Waals surface area contributed by atoms with Crippen LogP contribution in [0.5, 0.6) is 0 Å². The lowest BCUT2D eigenvalue weighted by molar-refractivity contribution is -0.114. The number of hydrogen-bond donors (Lipinski definition) is 1. The molecule has 24 heavy (non-hydrogen) atoms. The van der Waals surface area contributed by atoms with Gasteiger partial charge in [0.25, 0.3) is 0 Å². The zero-order chi connectivity index (χ0) is 17.9. The Balaban J connectivity index is 2.21. The summed E-state index contributed by atoms with van der Waals surface area (Å²) < 4.78 is 38.9. The SMILES string of the molecule is CS(=O)(=O)N(CC(=O)Nc1ccc(Br)cc1)c1ccc(F)c(Cl)c1. The number of amides is 1. The van der Waals surface area contributed by atoms with Crippen molar-refractivity contribution in [2.24, 2.45) is 0 Å². The van der Waals surface area contributed by atoms with Gasteiger partial charge in [-0.15, -0.1) is 0 Å². The summed E-state index contributed by atoms with van der Waals surface area (Å²) in [6.07, 6.45) is 0.956. The summed E-state index contributed by atoms with van der Waals surface area (Å²) in [6, 6.07) is 10.3. The number of halogens is 3. The number of benzene rings is 2. The van der Waals surface area contributed by atoms with E-state index in [0.717, 1.165) is 27.2 Å². The van der Waals surface area contributed by atoms with E-state index in [9.17, 15) is 17.6 Å². The minimum Gasteiger partial charge on any atom is -0.325 e. The summed E-state index contributed by atoms with van der Waals surface area (Å²) in [5, 5.41) is 2.37. The predicted molar refractivity (Wildman–Crippen MR) is 96.4 cm³/mol. The molecule has 0 aliphatic carbocycles. The van der Waals surface area contributed by atoms with Crippen LogP contribution in [0.4, 0.5) is 15.8 Å². The Hall–Kier alpha value is -1.64. The first-order valence-corrected chi connectivity index (χ1v) is 9.67. The lowest BCUT2D eigenvalue weighted by atomic mass is 10.3. The Morgan fingerprint density at radius 1 is 1.25 bits per heavy atom. The van der Waals surface area contributed by atoms with Crippen molar-refractivity contribution in [1.82, 2.24) is 0 Å². The number of nitrogens with zero attached hydrogens (tertiary/aromatic N) is 1. The predicted octanol–water partition coefficient (Wildman–Crippen LogP) is 3.65. The lowest BCUT2D eigenvalue weighted by Gasteiger charge is -2.22. The van der Waals surface area contributed by atoms with Gasteiger partial charge in [0.05, 0.1) is 17.0 Å². The maximum Gasteiger partial charge on any atom is 0.245 e. The summed E-state index contributed by atoms with van der Waals surface area (Å²) in [7, 11) is -3.76. The standard InChI is InChI=1S/C15H13BrClFN2O3S/c1-24(22,23)20(12-6-7-14(18)13(17)8-12)9-15(21)19-11-4-2-10(16)3-5-11/h2-8H,9H2,1H3,(H,19,21). The second-order valence-electron chi connectivity index (χ2n) is 4.92. The van der Waals surface area contributed by atoms with E-state index in [1.807, 2.05) is 0 Å². The molecular weight excluding hydrogens is 423 g/mol. The maximum absolute atomic E-state index is 13.3. The first-order valence-electron chi connectivity index (χ1n) is 6.65. The van der Waals surface area contributed by atoms with Gasteiger partial charge in [-0.1, -0.05) is 27.5 Å². The van der Waals surface area contributed by atoms with Gasteiger partial charge in [0.15, 0.2) is 0 Å². The van der Waals surface area contributed by atoms with Crippen molar-refractivity contribution < 1.29 is 17.6 Å². The molecule has 0 aliphatic rings. The molecule has 0 aromatic heterocycles. The fourth-order valence-corrected chi connectivity index (χ4v) is 3.19. The molecule has 1 N–H and O–H groups in total. The van der Waals surface area contributed by atoms with Crippen molar-refractivity contribution in [3.8, 4) is 0 Å². The molecule has 9 heteroatoms. The zero-order valence-corrected chi connectivity index (χ0v) is 15.6. The van der Waals surface area contributed by atoms with Gasteiger partial charge in [-0.2, -0.15) is 0 Å². The summed E-state index contributed by atoms with van der Waals surface area (Å²) in [6.45, 7) is -0.461. The number of anilines is 2. The van der Waals surface area contributed by atoms with Gasteiger partial charge in [0.1, 0.15) is 12.4 Å². The van der Waals surface area contributed by atoms with Crippen LogP contribution in [0.25, 0.3) is 0 Å². The Kier molecular flexibility index (Phi) is 5.84. The summed E-state index contributed by atoms with van der Waals surface area (Å²) in [4.78, 5) is 12.1. The highest BCUT2D eigenvalue weighted by molar-refractivity contribution is 9.10. The molecule has 1 amide bonds. The van der Waals surface area contributed by atoms with Crippen molar-refractivity contribution in [3.05, 3.63) is 57.8 Å². The molecule has 5 nitrogen and oxygen atoms in total. The molecule has 0 unspecified atom stereocenters. The van der Waals surface area contributed by atoms with Crippen LogP contribution in [0.3, 0.4) is 0 Å². The summed E-state index contributed by atoms with van der Waals surface area (Å²) in [5.41, 5.74) is 0.628. The molecule has 128 valence electrons. The van der Waals surface area contributed by atoms with Gasteiger partial charge < -0.3 is 5.32 Å². The highest BCUT2D eigenvalue weighted by atomic mass is 79.9. The third-order valence-electron chi connectivity index (χ3n) is 3.01. The summed E-state index contributed by atoms with van der Waals surface area (Å²) in [5.74, 6) is -1.21.